The Hall–Kier alpha value is -1.42. The second kappa shape index (κ2) is 5.96. The Labute approximate surface area is 106 Å². The van der Waals surface area contributed by atoms with Crippen LogP contribution in [0.15, 0.2) is 18.2 Å². The van der Waals surface area contributed by atoms with E-state index in [4.69, 9.17) is 9.47 Å². The average molecular weight is 252 g/mol. The number of hydrogen-bond donors (Lipinski definition) is 0. The van der Waals surface area contributed by atoms with E-state index in [1.165, 1.54) is 18.2 Å². The first-order valence-electron chi connectivity index (χ1n) is 6.18. The molecule has 1 aliphatic rings. The Balaban J connectivity index is 1.88. The number of ether oxygens (including phenoxy) is 2. The summed E-state index contributed by atoms with van der Waals surface area (Å²) in [5.41, 5.74) is 0.858. The molecule has 0 aliphatic carbocycles. The number of rotatable bonds is 3. The molecule has 0 bridgehead atoms. The van der Waals surface area contributed by atoms with Gasteiger partial charge in [-0.1, -0.05) is 0 Å². The predicted molar refractivity (Wildman–Crippen MR) is 65.0 cm³/mol. The molecule has 1 aromatic rings. The molecule has 0 saturated carbocycles. The molecule has 0 N–H and O–H groups in total. The lowest BCUT2D eigenvalue weighted by Crippen LogP contribution is -2.22. The molecule has 4 heteroatoms. The van der Waals surface area contributed by atoms with Crippen LogP contribution < -0.4 is 0 Å². The first-order valence-corrected chi connectivity index (χ1v) is 6.18. The summed E-state index contributed by atoms with van der Waals surface area (Å²) >= 11 is 0. The third-order valence-electron chi connectivity index (χ3n) is 3.18. The van der Waals surface area contributed by atoms with Gasteiger partial charge in [-0.05, 0) is 49.4 Å². The zero-order valence-electron chi connectivity index (χ0n) is 10.4. The van der Waals surface area contributed by atoms with Gasteiger partial charge in [0.1, 0.15) is 5.82 Å². The van der Waals surface area contributed by atoms with Gasteiger partial charge in [-0.3, -0.25) is 0 Å². The fourth-order valence-corrected chi connectivity index (χ4v) is 1.96. The van der Waals surface area contributed by atoms with Crippen molar-refractivity contribution in [2.45, 2.75) is 19.8 Å². The standard InChI is InChI=1S/C14H17FO3/c1-10-8-12(2-3-13(10)15)14(16)18-9-11-4-6-17-7-5-11/h2-3,8,11H,4-7,9H2,1H3. The second-order valence-corrected chi connectivity index (χ2v) is 4.62. The minimum Gasteiger partial charge on any atom is -0.462 e. The molecule has 0 amide bonds. The van der Waals surface area contributed by atoms with Crippen molar-refractivity contribution in [3.8, 4) is 0 Å². The summed E-state index contributed by atoms with van der Waals surface area (Å²) in [5.74, 6) is -0.315. The number of esters is 1. The number of benzene rings is 1. The molecule has 0 unspecified atom stereocenters. The lowest BCUT2D eigenvalue weighted by molar-refractivity contribution is 0.0185. The maximum absolute atomic E-state index is 13.1. The quantitative estimate of drug-likeness (QED) is 0.776. The SMILES string of the molecule is Cc1cc(C(=O)OCC2CCOCC2)ccc1F. The highest BCUT2D eigenvalue weighted by Crippen LogP contribution is 2.16. The number of halogens is 1. The summed E-state index contributed by atoms with van der Waals surface area (Å²) in [6.45, 7) is 3.51. The first kappa shape index (κ1) is 13.0. The highest BCUT2D eigenvalue weighted by Gasteiger charge is 2.17. The van der Waals surface area contributed by atoms with E-state index < -0.39 is 0 Å². The van der Waals surface area contributed by atoms with E-state index in [0.29, 0.717) is 23.7 Å². The van der Waals surface area contributed by atoms with Gasteiger partial charge in [-0.25, -0.2) is 9.18 Å². The molecule has 1 saturated heterocycles. The van der Waals surface area contributed by atoms with Crippen molar-refractivity contribution in [2.75, 3.05) is 19.8 Å². The summed E-state index contributed by atoms with van der Waals surface area (Å²) in [4.78, 5) is 11.8. The zero-order chi connectivity index (χ0) is 13.0. The third-order valence-corrected chi connectivity index (χ3v) is 3.18. The van der Waals surface area contributed by atoms with Gasteiger partial charge in [-0.2, -0.15) is 0 Å². The Kier molecular flexibility index (Phi) is 4.31. The highest BCUT2D eigenvalue weighted by molar-refractivity contribution is 5.89. The normalized spacial score (nSPS) is 16.6. The van der Waals surface area contributed by atoms with Crippen molar-refractivity contribution in [1.82, 2.24) is 0 Å². The Morgan fingerprint density at radius 1 is 1.44 bits per heavy atom. The van der Waals surface area contributed by atoms with Gasteiger partial charge in [-0.15, -0.1) is 0 Å². The number of carbonyl (C=O) groups is 1. The minimum atomic E-state index is -0.385. The monoisotopic (exact) mass is 252 g/mol. The van der Waals surface area contributed by atoms with Crippen LogP contribution in [0.25, 0.3) is 0 Å². The molecule has 1 fully saturated rings. The van der Waals surface area contributed by atoms with Gasteiger partial charge >= 0.3 is 5.97 Å². The summed E-state index contributed by atoms with van der Waals surface area (Å²) in [6, 6.07) is 4.26. The zero-order valence-corrected chi connectivity index (χ0v) is 10.4. The van der Waals surface area contributed by atoms with Crippen LogP contribution in [0.5, 0.6) is 0 Å². The molecule has 0 atom stereocenters. The lowest BCUT2D eigenvalue weighted by atomic mass is 10.0. The van der Waals surface area contributed by atoms with Crippen LogP contribution in [0.1, 0.15) is 28.8 Å². The van der Waals surface area contributed by atoms with Gasteiger partial charge in [0.15, 0.2) is 0 Å². The van der Waals surface area contributed by atoms with Crippen LogP contribution in [-0.4, -0.2) is 25.8 Å². The van der Waals surface area contributed by atoms with E-state index in [-0.39, 0.29) is 11.8 Å². The minimum absolute atomic E-state index is 0.309. The molecular weight excluding hydrogens is 235 g/mol. The number of carbonyl (C=O) groups excluding carboxylic acids is 1. The Morgan fingerprint density at radius 3 is 2.83 bits per heavy atom. The van der Waals surface area contributed by atoms with E-state index in [1.54, 1.807) is 6.92 Å². The third kappa shape index (κ3) is 3.29. The largest absolute Gasteiger partial charge is 0.462 e. The van der Waals surface area contributed by atoms with E-state index in [2.05, 4.69) is 0 Å². The van der Waals surface area contributed by atoms with E-state index in [0.717, 1.165) is 26.1 Å². The topological polar surface area (TPSA) is 35.5 Å². The van der Waals surface area contributed by atoms with Gasteiger partial charge < -0.3 is 9.47 Å². The highest BCUT2D eigenvalue weighted by atomic mass is 19.1. The van der Waals surface area contributed by atoms with Crippen molar-refractivity contribution in [1.29, 1.82) is 0 Å². The van der Waals surface area contributed by atoms with Gasteiger partial charge in [0.05, 0.1) is 12.2 Å². The van der Waals surface area contributed by atoms with Gasteiger partial charge in [0.25, 0.3) is 0 Å². The molecule has 0 aromatic heterocycles. The van der Waals surface area contributed by atoms with Crippen molar-refractivity contribution >= 4 is 5.97 Å². The fraction of sp³-hybridized carbons (Fsp3) is 0.500. The maximum atomic E-state index is 13.1. The smallest absolute Gasteiger partial charge is 0.338 e. The summed E-state index contributed by atoms with van der Waals surface area (Å²) in [7, 11) is 0. The summed E-state index contributed by atoms with van der Waals surface area (Å²) in [5, 5.41) is 0. The Morgan fingerprint density at radius 2 is 2.17 bits per heavy atom. The molecule has 18 heavy (non-hydrogen) atoms. The second-order valence-electron chi connectivity index (χ2n) is 4.62. The predicted octanol–water partition coefficient (Wildman–Crippen LogP) is 2.72. The van der Waals surface area contributed by atoms with Crippen LogP contribution in [0.3, 0.4) is 0 Å². The average Bonchev–Trinajstić information content (AvgIpc) is 2.40. The van der Waals surface area contributed by atoms with E-state index in [9.17, 15) is 9.18 Å². The molecule has 1 heterocycles. The van der Waals surface area contributed by atoms with Crippen molar-refractivity contribution < 1.29 is 18.7 Å². The molecule has 0 spiro atoms. The summed E-state index contributed by atoms with van der Waals surface area (Å²) in [6.07, 6.45) is 1.85. The van der Waals surface area contributed by atoms with Crippen molar-refractivity contribution in [3.63, 3.8) is 0 Å². The summed E-state index contributed by atoms with van der Waals surface area (Å²) < 4.78 is 23.6. The van der Waals surface area contributed by atoms with Crippen LogP contribution in [0, 0.1) is 18.7 Å². The number of hydrogen-bond acceptors (Lipinski definition) is 3. The van der Waals surface area contributed by atoms with E-state index >= 15 is 0 Å². The molecule has 1 aromatic carbocycles. The van der Waals surface area contributed by atoms with E-state index in [1.807, 2.05) is 0 Å². The van der Waals surface area contributed by atoms with Crippen molar-refractivity contribution in [2.24, 2.45) is 5.92 Å². The van der Waals surface area contributed by atoms with Crippen molar-refractivity contribution in [3.05, 3.63) is 35.1 Å². The van der Waals surface area contributed by atoms with Crippen LogP contribution in [0.2, 0.25) is 0 Å². The number of aryl methyl sites for hydroxylation is 1. The lowest BCUT2D eigenvalue weighted by Gasteiger charge is -2.21. The molecule has 3 nitrogen and oxygen atoms in total. The Bertz CT molecular complexity index is 425. The molecule has 1 aliphatic heterocycles. The maximum Gasteiger partial charge on any atom is 0.338 e. The van der Waals surface area contributed by atoms with Gasteiger partial charge in [0, 0.05) is 13.2 Å². The molecule has 2 rings (SSSR count). The van der Waals surface area contributed by atoms with Crippen LogP contribution in [0.4, 0.5) is 4.39 Å². The van der Waals surface area contributed by atoms with Crippen LogP contribution >= 0.6 is 0 Å². The van der Waals surface area contributed by atoms with Crippen LogP contribution in [-0.2, 0) is 9.47 Å². The fourth-order valence-electron chi connectivity index (χ4n) is 1.96. The molecular formula is C14H17FO3. The molecule has 98 valence electrons. The first-order chi connectivity index (χ1) is 8.66. The molecule has 0 radical (unpaired) electrons. The van der Waals surface area contributed by atoms with Gasteiger partial charge in [0.2, 0.25) is 0 Å².